The molecule has 0 atom stereocenters. The fraction of sp³-hybridized carbons (Fsp3) is 0.919. The minimum absolute atomic E-state index is 0.702. The van der Waals surface area contributed by atoms with Crippen LogP contribution in [0, 0.1) is 0 Å². The monoisotopic (exact) mass is 591 g/mol. The zero-order valence-electron chi connectivity index (χ0n) is 28.9. The van der Waals surface area contributed by atoms with Crippen LogP contribution in [0.2, 0.25) is 0 Å². The lowest BCUT2D eigenvalue weighted by atomic mass is 10.1. The minimum Gasteiger partial charge on any atom is -0.365 e. The van der Waals surface area contributed by atoms with Crippen LogP contribution in [0.15, 0.2) is 18.0 Å². The molecular weight excluding hydrogens is 516 g/mol. The van der Waals surface area contributed by atoms with Crippen molar-refractivity contribution in [2.75, 3.05) is 65.4 Å². The van der Waals surface area contributed by atoms with E-state index in [1.807, 2.05) is 0 Å². The van der Waals surface area contributed by atoms with E-state index < -0.39 is 0 Å². The number of hydroxylamine groups is 2. The van der Waals surface area contributed by atoms with E-state index in [1.54, 1.807) is 0 Å². The predicted octanol–water partition coefficient (Wildman–Crippen LogP) is 9.52. The lowest BCUT2D eigenvalue weighted by Crippen LogP contribution is -2.46. The summed E-state index contributed by atoms with van der Waals surface area (Å²) < 4.78 is 0. The van der Waals surface area contributed by atoms with E-state index in [9.17, 15) is 5.21 Å². The zero-order chi connectivity index (χ0) is 30.5. The highest BCUT2D eigenvalue weighted by atomic mass is 16.5. The summed E-state index contributed by atoms with van der Waals surface area (Å²) in [5.74, 6) is 0. The van der Waals surface area contributed by atoms with Crippen molar-refractivity contribution < 1.29 is 5.21 Å². The second-order valence-corrected chi connectivity index (χ2v) is 13.0. The maximum absolute atomic E-state index is 9.86. The third kappa shape index (κ3) is 21.8. The first-order valence-electron chi connectivity index (χ1n) is 18.7. The van der Waals surface area contributed by atoms with Gasteiger partial charge in [-0.1, -0.05) is 143 Å². The Bertz CT molecular complexity index is 609. The molecule has 0 unspecified atom stereocenters. The van der Waals surface area contributed by atoms with Crippen LogP contribution in [0.1, 0.15) is 156 Å². The van der Waals surface area contributed by atoms with Crippen LogP contribution in [0.4, 0.5) is 0 Å². The smallest absolute Gasteiger partial charge is 0.0702 e. The van der Waals surface area contributed by atoms with Gasteiger partial charge < -0.3 is 15.0 Å². The fourth-order valence-electron chi connectivity index (χ4n) is 6.21. The largest absolute Gasteiger partial charge is 0.365 e. The maximum Gasteiger partial charge on any atom is 0.0702 e. The topological polar surface area (TPSA) is 33.2 Å². The summed E-state index contributed by atoms with van der Waals surface area (Å²) in [5.41, 5.74) is 4.51. The first kappa shape index (κ1) is 39.2. The van der Waals surface area contributed by atoms with Crippen LogP contribution in [0.3, 0.4) is 0 Å². The van der Waals surface area contributed by atoms with Crippen molar-refractivity contribution in [1.29, 1.82) is 0 Å². The van der Waals surface area contributed by atoms with Crippen LogP contribution in [-0.4, -0.2) is 90.4 Å². The Morgan fingerprint density at radius 1 is 0.524 bits per heavy atom. The summed E-state index contributed by atoms with van der Waals surface area (Å²) >= 11 is 0. The molecular formula is C37H74N4O. The Kier molecular flexibility index (Phi) is 27.0. The molecule has 0 spiro atoms. The van der Waals surface area contributed by atoms with E-state index in [2.05, 4.69) is 47.8 Å². The minimum atomic E-state index is 0.702. The number of hydrogen-bond donors (Lipinski definition) is 1. The van der Waals surface area contributed by atoms with Gasteiger partial charge >= 0.3 is 0 Å². The highest BCUT2D eigenvalue weighted by Gasteiger charge is 2.19. The Morgan fingerprint density at radius 3 is 1.29 bits per heavy atom. The van der Waals surface area contributed by atoms with Crippen molar-refractivity contribution >= 4 is 0 Å². The van der Waals surface area contributed by atoms with Gasteiger partial charge in [-0.15, -0.1) is 5.73 Å². The van der Waals surface area contributed by atoms with Crippen LogP contribution in [0.5, 0.6) is 0 Å². The Balaban J connectivity index is 2.65. The second kappa shape index (κ2) is 28.9. The molecule has 0 aromatic rings. The van der Waals surface area contributed by atoms with Gasteiger partial charge in [0.15, 0.2) is 0 Å². The maximum atomic E-state index is 9.86. The van der Waals surface area contributed by atoms with Gasteiger partial charge in [-0.25, -0.2) is 0 Å². The molecule has 1 rings (SSSR count). The van der Waals surface area contributed by atoms with Gasteiger partial charge in [-0.3, -0.25) is 4.90 Å². The molecule has 5 heteroatoms. The lowest BCUT2D eigenvalue weighted by molar-refractivity contribution is -0.113. The molecule has 1 aliphatic rings. The molecule has 5 nitrogen and oxygen atoms in total. The first-order valence-corrected chi connectivity index (χ1v) is 18.7. The molecule has 0 aromatic heterocycles. The van der Waals surface area contributed by atoms with E-state index in [0.717, 1.165) is 26.2 Å². The highest BCUT2D eigenvalue weighted by Crippen LogP contribution is 2.14. The van der Waals surface area contributed by atoms with Crippen LogP contribution >= 0.6 is 0 Å². The fourth-order valence-corrected chi connectivity index (χ4v) is 6.21. The SMILES string of the molecule is C=C=C(CN(CCCCCCCCC)CCN(CCCCCCCCC)CCCCCCCCC)N1CCN(O)CC1. The van der Waals surface area contributed by atoms with Gasteiger partial charge in [-0.05, 0) is 38.9 Å². The highest BCUT2D eigenvalue weighted by molar-refractivity contribution is 5.03. The average molecular weight is 591 g/mol. The molecule has 0 aliphatic carbocycles. The van der Waals surface area contributed by atoms with Gasteiger partial charge in [0.1, 0.15) is 0 Å². The zero-order valence-corrected chi connectivity index (χ0v) is 28.9. The van der Waals surface area contributed by atoms with Crippen molar-refractivity contribution in [3.63, 3.8) is 0 Å². The van der Waals surface area contributed by atoms with Crippen molar-refractivity contribution in [3.8, 4) is 0 Å². The molecule has 1 N–H and O–H groups in total. The Hall–Kier alpha value is -0.840. The third-order valence-corrected chi connectivity index (χ3v) is 9.18. The predicted molar refractivity (Wildman–Crippen MR) is 184 cm³/mol. The molecule has 0 aromatic carbocycles. The van der Waals surface area contributed by atoms with Crippen LogP contribution < -0.4 is 0 Å². The van der Waals surface area contributed by atoms with Gasteiger partial charge in [-0.2, -0.15) is 5.06 Å². The molecule has 1 aliphatic heterocycles. The molecule has 248 valence electrons. The van der Waals surface area contributed by atoms with E-state index in [4.69, 9.17) is 0 Å². The summed E-state index contributed by atoms with van der Waals surface area (Å²) in [6.07, 6.45) is 28.9. The lowest BCUT2D eigenvalue weighted by Gasteiger charge is -2.36. The number of hydrogen-bond acceptors (Lipinski definition) is 5. The summed E-state index contributed by atoms with van der Waals surface area (Å²) in [6, 6.07) is 0. The number of nitrogens with zero attached hydrogens (tertiary/aromatic N) is 4. The van der Waals surface area contributed by atoms with Crippen LogP contribution in [-0.2, 0) is 0 Å². The van der Waals surface area contributed by atoms with Gasteiger partial charge in [0.05, 0.1) is 5.70 Å². The Morgan fingerprint density at radius 2 is 0.881 bits per heavy atom. The quantitative estimate of drug-likeness (QED) is 0.0665. The molecule has 1 fully saturated rings. The average Bonchev–Trinajstić information content (AvgIpc) is 3.00. The number of rotatable bonds is 30. The molecule has 1 heterocycles. The third-order valence-electron chi connectivity index (χ3n) is 9.18. The summed E-state index contributed by atoms with van der Waals surface area (Å²) in [6.45, 7) is 21.1. The molecule has 0 bridgehead atoms. The van der Waals surface area contributed by atoms with Gasteiger partial charge in [0.25, 0.3) is 0 Å². The summed E-state index contributed by atoms with van der Waals surface area (Å²) in [5, 5.41) is 11.3. The van der Waals surface area contributed by atoms with Crippen molar-refractivity contribution in [2.24, 2.45) is 0 Å². The molecule has 0 radical (unpaired) electrons. The first-order chi connectivity index (χ1) is 20.6. The van der Waals surface area contributed by atoms with Crippen LogP contribution in [0.25, 0.3) is 0 Å². The van der Waals surface area contributed by atoms with Crippen molar-refractivity contribution in [2.45, 2.75) is 156 Å². The Labute approximate surface area is 263 Å². The number of unbranched alkanes of at least 4 members (excludes halogenated alkanes) is 18. The summed E-state index contributed by atoms with van der Waals surface area (Å²) in [4.78, 5) is 7.87. The van der Waals surface area contributed by atoms with E-state index in [1.165, 1.54) is 172 Å². The number of piperazine rings is 1. The van der Waals surface area contributed by atoms with Gasteiger partial charge in [0, 0.05) is 45.8 Å². The van der Waals surface area contributed by atoms with Crippen molar-refractivity contribution in [3.05, 3.63) is 18.0 Å². The molecule has 0 amide bonds. The van der Waals surface area contributed by atoms with Gasteiger partial charge in [0.2, 0.25) is 0 Å². The normalized spacial score (nSPS) is 14.3. The van der Waals surface area contributed by atoms with Crippen molar-refractivity contribution in [1.82, 2.24) is 19.8 Å². The van der Waals surface area contributed by atoms with E-state index >= 15 is 0 Å². The van der Waals surface area contributed by atoms with E-state index in [-0.39, 0.29) is 0 Å². The second-order valence-electron chi connectivity index (χ2n) is 13.0. The molecule has 0 saturated carbocycles. The van der Waals surface area contributed by atoms with E-state index in [0.29, 0.717) is 13.1 Å². The molecule has 1 saturated heterocycles. The molecule has 42 heavy (non-hydrogen) atoms. The standard InChI is InChI=1S/C37H74N4O/c1-5-9-12-15-18-21-24-27-38(28-25-22-19-16-13-10-6-2)30-31-39(29-26-23-20-17-14-11-7-3)36-37(8-4)40-32-34-41(42)35-33-40/h42H,4-7,9-36H2,1-3H3. The summed E-state index contributed by atoms with van der Waals surface area (Å²) in [7, 11) is 0.